The Bertz CT molecular complexity index is 1690. The lowest BCUT2D eigenvalue weighted by Crippen LogP contribution is -2.75. The van der Waals surface area contributed by atoms with Crippen LogP contribution in [0.2, 0.25) is 0 Å². The lowest BCUT2D eigenvalue weighted by molar-refractivity contribution is -0.346. The SMILES string of the molecule is COC1CC(OC2C(C)OC(OC3C(C)OC(OC4C(O)CC(OC5CCC6(C)C(=CCC7(O)C6CC(O)C6(C)C(C(C)=O)CCC76O)C5)OC4C)CC3OC)CC2OC)OC(C)C1O. The van der Waals surface area contributed by atoms with Gasteiger partial charge in [-0.2, -0.15) is 0 Å². The summed E-state index contributed by atoms with van der Waals surface area (Å²) in [6, 6.07) is 0. The molecule has 0 aromatic rings. The molecule has 372 valence electrons. The molecule has 24 unspecified atom stereocenters. The predicted octanol–water partition coefficient (Wildman–Crippen LogP) is 3.20. The first kappa shape index (κ1) is 50.2. The van der Waals surface area contributed by atoms with Crippen LogP contribution in [0.5, 0.6) is 0 Å². The third kappa shape index (κ3) is 8.75. The number of carbonyl (C=O) groups excluding carboxylic acids is 1. The summed E-state index contributed by atoms with van der Waals surface area (Å²) in [4.78, 5) is 12.7. The summed E-state index contributed by atoms with van der Waals surface area (Å²) < 4.78 is 68.2. The fourth-order valence-corrected chi connectivity index (χ4v) is 13.8. The van der Waals surface area contributed by atoms with Crippen molar-refractivity contribution in [2.75, 3.05) is 21.3 Å². The molecular formula is C48H78O17. The Labute approximate surface area is 384 Å². The van der Waals surface area contributed by atoms with Crippen molar-refractivity contribution < 1.29 is 82.4 Å². The summed E-state index contributed by atoms with van der Waals surface area (Å²) >= 11 is 0. The summed E-state index contributed by atoms with van der Waals surface area (Å²) in [6.45, 7) is 12.9. The van der Waals surface area contributed by atoms with Crippen LogP contribution in [0.4, 0.5) is 0 Å². The second kappa shape index (κ2) is 19.2. The van der Waals surface area contributed by atoms with Crippen molar-refractivity contribution in [3.05, 3.63) is 11.6 Å². The van der Waals surface area contributed by atoms with Gasteiger partial charge in [0.25, 0.3) is 0 Å². The number of aliphatic hydroxyl groups is 5. The fourth-order valence-electron chi connectivity index (χ4n) is 13.8. The van der Waals surface area contributed by atoms with E-state index >= 15 is 0 Å². The number of rotatable bonds is 12. The summed E-state index contributed by atoms with van der Waals surface area (Å²) in [6.07, 6.45) is -3.54. The van der Waals surface area contributed by atoms with E-state index in [1.54, 1.807) is 35.2 Å². The molecule has 24 atom stereocenters. The molecule has 7 fully saturated rings. The molecule has 0 aromatic carbocycles. The zero-order valence-corrected chi connectivity index (χ0v) is 40.0. The van der Waals surface area contributed by atoms with Crippen LogP contribution in [0, 0.1) is 22.7 Å². The Morgan fingerprint density at radius 2 is 1.17 bits per heavy atom. The molecule has 0 amide bonds. The Morgan fingerprint density at radius 1 is 0.662 bits per heavy atom. The Kier molecular flexibility index (Phi) is 14.8. The first-order chi connectivity index (χ1) is 30.7. The van der Waals surface area contributed by atoms with Gasteiger partial charge in [-0.15, -0.1) is 0 Å². The number of ether oxygens (including phenoxy) is 11. The number of aliphatic hydroxyl groups excluding tert-OH is 3. The minimum Gasteiger partial charge on any atom is -0.392 e. The van der Waals surface area contributed by atoms with E-state index in [9.17, 15) is 30.3 Å². The van der Waals surface area contributed by atoms with Gasteiger partial charge in [-0.1, -0.05) is 25.5 Å². The molecule has 5 N–H and O–H groups in total. The van der Waals surface area contributed by atoms with Gasteiger partial charge >= 0.3 is 0 Å². The fraction of sp³-hybridized carbons (Fsp3) is 0.938. The molecule has 65 heavy (non-hydrogen) atoms. The molecule has 0 aromatic heterocycles. The second-order valence-electron chi connectivity index (χ2n) is 21.1. The van der Waals surface area contributed by atoms with Crippen LogP contribution in [0.3, 0.4) is 0 Å². The van der Waals surface area contributed by atoms with E-state index in [1.165, 1.54) is 6.92 Å². The molecule has 17 nitrogen and oxygen atoms in total. The molecule has 0 bridgehead atoms. The minimum absolute atomic E-state index is 0.0612. The van der Waals surface area contributed by atoms with Gasteiger partial charge in [0, 0.05) is 64.3 Å². The summed E-state index contributed by atoms with van der Waals surface area (Å²) in [5.41, 5.74) is -3.53. The molecule has 17 heteroatoms. The van der Waals surface area contributed by atoms with Gasteiger partial charge in [0.1, 0.15) is 41.4 Å². The molecule has 4 aliphatic carbocycles. The van der Waals surface area contributed by atoms with Crippen LogP contribution >= 0.6 is 0 Å². The van der Waals surface area contributed by atoms with E-state index in [0.717, 1.165) is 5.57 Å². The monoisotopic (exact) mass is 927 g/mol. The molecule has 0 radical (unpaired) electrons. The standard InChI is InChI=1S/C48H78O17/c1-23(49)30-13-16-48(54)46(30,7)36(51)22-35-45(6)14-12-29(17-28(45)11-15-47(35,48)53)62-37-18-31(50)42(25(3)59-37)63-39-20-33(56-9)44(26(4)60-39)65-40-21-34(57-10)43(27(5)61-40)64-38-19-32(55-8)41(52)24(2)58-38/h11,24-27,29-44,50-54H,12-22H2,1-10H3. The normalized spacial score (nSPS) is 53.7. The number of methoxy groups -OCH3 is 3. The number of Topliss-reactive ketones (excluding diaryl/α,β-unsaturated/α-hetero) is 1. The van der Waals surface area contributed by atoms with Crippen LogP contribution in [-0.4, -0.2) is 174 Å². The van der Waals surface area contributed by atoms with E-state index in [-0.39, 0.29) is 43.2 Å². The molecule has 4 heterocycles. The summed E-state index contributed by atoms with van der Waals surface area (Å²) in [5.74, 6) is -0.961. The highest BCUT2D eigenvalue weighted by atomic mass is 16.8. The summed E-state index contributed by atoms with van der Waals surface area (Å²) in [7, 11) is 4.81. The third-order valence-corrected chi connectivity index (χ3v) is 17.7. The first-order valence-corrected chi connectivity index (χ1v) is 24.2. The van der Waals surface area contributed by atoms with E-state index < -0.39 is 126 Å². The van der Waals surface area contributed by atoms with Crippen molar-refractivity contribution >= 4 is 5.78 Å². The average molecular weight is 927 g/mol. The summed E-state index contributed by atoms with van der Waals surface area (Å²) in [5, 5.41) is 58.4. The van der Waals surface area contributed by atoms with Crippen LogP contribution in [0.25, 0.3) is 0 Å². The molecule has 8 aliphatic rings. The van der Waals surface area contributed by atoms with E-state index in [1.807, 2.05) is 20.8 Å². The number of hydrogen-bond donors (Lipinski definition) is 5. The first-order valence-electron chi connectivity index (χ1n) is 24.2. The van der Waals surface area contributed by atoms with Gasteiger partial charge in [-0.3, -0.25) is 4.79 Å². The van der Waals surface area contributed by atoms with Crippen LogP contribution in [0.15, 0.2) is 11.6 Å². The van der Waals surface area contributed by atoms with E-state index in [4.69, 9.17) is 52.1 Å². The highest BCUT2D eigenvalue weighted by molar-refractivity contribution is 5.80. The minimum atomic E-state index is -1.59. The van der Waals surface area contributed by atoms with Gasteiger partial charge in [-0.25, -0.2) is 0 Å². The van der Waals surface area contributed by atoms with Gasteiger partial charge in [0.15, 0.2) is 25.2 Å². The van der Waals surface area contributed by atoms with Gasteiger partial charge in [0.05, 0.1) is 61.0 Å². The van der Waals surface area contributed by atoms with Crippen molar-refractivity contribution in [2.45, 2.75) is 241 Å². The van der Waals surface area contributed by atoms with Crippen molar-refractivity contribution in [3.63, 3.8) is 0 Å². The van der Waals surface area contributed by atoms with Crippen LogP contribution in [0.1, 0.15) is 119 Å². The zero-order chi connectivity index (χ0) is 47.0. The van der Waals surface area contributed by atoms with E-state index in [2.05, 4.69) is 13.0 Å². The number of carbonyl (C=O) groups is 1. The number of ketones is 1. The van der Waals surface area contributed by atoms with Gasteiger partial charge < -0.3 is 77.6 Å². The average Bonchev–Trinajstić information content (AvgIpc) is 3.56. The second-order valence-corrected chi connectivity index (χ2v) is 21.1. The van der Waals surface area contributed by atoms with Gasteiger partial charge in [0.2, 0.25) is 0 Å². The number of hydrogen-bond acceptors (Lipinski definition) is 17. The highest BCUT2D eigenvalue weighted by Crippen LogP contribution is 2.69. The quantitative estimate of drug-likeness (QED) is 0.178. The largest absolute Gasteiger partial charge is 0.392 e. The van der Waals surface area contributed by atoms with Crippen molar-refractivity contribution in [1.82, 2.24) is 0 Å². The maximum absolute atomic E-state index is 12.7. The highest BCUT2D eigenvalue weighted by Gasteiger charge is 2.76. The van der Waals surface area contributed by atoms with Crippen molar-refractivity contribution in [3.8, 4) is 0 Å². The molecule has 8 rings (SSSR count). The predicted molar refractivity (Wildman–Crippen MR) is 230 cm³/mol. The molecule has 3 saturated carbocycles. The van der Waals surface area contributed by atoms with Crippen molar-refractivity contribution in [2.24, 2.45) is 22.7 Å². The lowest BCUT2D eigenvalue weighted by Gasteiger charge is -2.66. The number of fused-ring (bicyclic) bond motifs is 5. The Morgan fingerprint density at radius 3 is 1.71 bits per heavy atom. The smallest absolute Gasteiger partial charge is 0.161 e. The lowest BCUT2D eigenvalue weighted by atomic mass is 9.43. The Hall–Kier alpha value is -1.23. The van der Waals surface area contributed by atoms with Crippen LogP contribution < -0.4 is 0 Å². The molecule has 4 saturated heterocycles. The molecule has 0 spiro atoms. The van der Waals surface area contributed by atoms with Gasteiger partial charge in [-0.05, 0) is 85.0 Å². The third-order valence-electron chi connectivity index (χ3n) is 17.7. The molecule has 4 aliphatic heterocycles. The topological polar surface area (TPSA) is 220 Å². The Balaban J connectivity index is 0.830. The van der Waals surface area contributed by atoms with Crippen LogP contribution in [-0.2, 0) is 56.9 Å². The van der Waals surface area contributed by atoms with Crippen molar-refractivity contribution in [1.29, 1.82) is 0 Å². The maximum Gasteiger partial charge on any atom is 0.161 e. The van der Waals surface area contributed by atoms with E-state index in [0.29, 0.717) is 51.4 Å². The molecular weight excluding hydrogens is 849 g/mol. The zero-order valence-electron chi connectivity index (χ0n) is 40.0. The maximum atomic E-state index is 12.7.